The molecule has 2 aromatic rings. The second-order valence-electron chi connectivity index (χ2n) is 8.35. The molecule has 0 radical (unpaired) electrons. The van der Waals surface area contributed by atoms with Crippen molar-refractivity contribution in [3.8, 4) is 11.5 Å². The van der Waals surface area contributed by atoms with Crippen molar-refractivity contribution >= 4 is 12.0 Å². The van der Waals surface area contributed by atoms with E-state index in [9.17, 15) is 9.59 Å². The molecule has 0 saturated carbocycles. The number of nitrogens with one attached hydrogen (secondary N) is 2. The van der Waals surface area contributed by atoms with Crippen LogP contribution in [0.5, 0.6) is 11.5 Å². The first kappa shape index (κ1) is 23.4. The number of hydrogen-bond acceptors (Lipinski definition) is 4. The van der Waals surface area contributed by atoms with Crippen molar-refractivity contribution in [3.05, 3.63) is 70.4 Å². The quantitative estimate of drug-likeness (QED) is 0.509. The Hall–Kier alpha value is -3.28. The highest BCUT2D eigenvalue weighted by molar-refractivity contribution is 5.95. The van der Waals surface area contributed by atoms with Crippen LogP contribution in [0.1, 0.15) is 62.8 Å². The van der Waals surface area contributed by atoms with E-state index in [1.807, 2.05) is 70.2 Å². The van der Waals surface area contributed by atoms with Gasteiger partial charge in [-0.2, -0.15) is 0 Å². The highest BCUT2D eigenvalue weighted by Crippen LogP contribution is 2.32. The maximum atomic E-state index is 13.0. The van der Waals surface area contributed by atoms with Crippen LogP contribution in [0.4, 0.5) is 4.79 Å². The number of aryl methyl sites for hydroxylation is 1. The Morgan fingerprint density at radius 2 is 1.81 bits per heavy atom. The number of benzene rings is 2. The smallest absolute Gasteiger partial charge is 0.338 e. The molecule has 0 aromatic heterocycles. The molecule has 6 nitrogen and oxygen atoms in total. The van der Waals surface area contributed by atoms with Crippen molar-refractivity contribution < 1.29 is 19.1 Å². The van der Waals surface area contributed by atoms with Crippen LogP contribution in [-0.4, -0.2) is 18.1 Å². The van der Waals surface area contributed by atoms with Gasteiger partial charge in [-0.15, -0.1) is 0 Å². The molecule has 0 spiro atoms. The normalized spacial score (nSPS) is 15.9. The van der Waals surface area contributed by atoms with E-state index in [2.05, 4.69) is 17.6 Å². The molecule has 1 atom stereocenters. The van der Waals surface area contributed by atoms with E-state index in [-0.39, 0.29) is 12.1 Å². The van der Waals surface area contributed by atoms with Crippen LogP contribution in [-0.2, 0) is 9.53 Å². The van der Waals surface area contributed by atoms with Crippen molar-refractivity contribution in [2.45, 2.75) is 66.0 Å². The summed E-state index contributed by atoms with van der Waals surface area (Å²) >= 11 is 0. The summed E-state index contributed by atoms with van der Waals surface area (Å²) in [5.74, 6) is 1.07. The highest BCUT2D eigenvalue weighted by atomic mass is 16.5. The van der Waals surface area contributed by atoms with E-state index in [1.165, 1.54) is 0 Å². The topological polar surface area (TPSA) is 76.7 Å². The third-order valence-corrected chi connectivity index (χ3v) is 5.49. The number of unbranched alkanes of at least 4 members (excludes halogenated alkanes) is 1. The average molecular weight is 437 g/mol. The minimum Gasteiger partial charge on any atom is -0.459 e. The van der Waals surface area contributed by atoms with Gasteiger partial charge in [0, 0.05) is 5.70 Å². The molecule has 1 aliphatic heterocycles. The molecule has 1 aliphatic rings. The van der Waals surface area contributed by atoms with E-state index in [0.717, 1.165) is 35.3 Å². The first-order valence-electron chi connectivity index (χ1n) is 11.2. The first-order chi connectivity index (χ1) is 15.3. The number of allylic oxidation sites excluding steroid dienone is 1. The zero-order valence-corrected chi connectivity index (χ0v) is 19.5. The van der Waals surface area contributed by atoms with E-state index < -0.39 is 12.0 Å². The van der Waals surface area contributed by atoms with Crippen LogP contribution in [0.15, 0.2) is 53.7 Å². The zero-order valence-electron chi connectivity index (χ0n) is 19.5. The highest BCUT2D eigenvalue weighted by Gasteiger charge is 2.33. The number of urea groups is 1. The summed E-state index contributed by atoms with van der Waals surface area (Å²) in [7, 11) is 0. The maximum Gasteiger partial charge on any atom is 0.338 e. The van der Waals surface area contributed by atoms with Gasteiger partial charge in [-0.3, -0.25) is 0 Å². The predicted molar refractivity (Wildman–Crippen MR) is 125 cm³/mol. The molecule has 6 heteroatoms. The molecule has 0 saturated heterocycles. The van der Waals surface area contributed by atoms with Crippen LogP contribution in [0.3, 0.4) is 0 Å². The van der Waals surface area contributed by atoms with E-state index in [4.69, 9.17) is 9.47 Å². The van der Waals surface area contributed by atoms with E-state index in [1.54, 1.807) is 0 Å². The van der Waals surface area contributed by atoms with Gasteiger partial charge in [0.05, 0.1) is 17.7 Å². The third kappa shape index (κ3) is 5.49. The van der Waals surface area contributed by atoms with Gasteiger partial charge in [0.1, 0.15) is 11.5 Å². The van der Waals surface area contributed by atoms with E-state index >= 15 is 0 Å². The molecule has 2 aromatic carbocycles. The van der Waals surface area contributed by atoms with Crippen LogP contribution < -0.4 is 15.4 Å². The average Bonchev–Trinajstić information content (AvgIpc) is 2.75. The number of esters is 1. The number of carbonyl (C=O) groups is 2. The molecule has 2 N–H and O–H groups in total. The van der Waals surface area contributed by atoms with Gasteiger partial charge < -0.3 is 20.1 Å². The molecule has 3 rings (SSSR count). The Kier molecular flexibility index (Phi) is 7.57. The standard InChI is InChI=1S/C26H32N2O4/c1-6-7-10-21-23(25(29)31-16(2)3)24(28-26(30)27-21)19-12-14-20(15-13-19)32-22-11-8-9-17(4)18(22)5/h8-9,11-16,24H,6-7,10H2,1-5H3,(H2,27,28,30). The van der Waals surface area contributed by atoms with Gasteiger partial charge >= 0.3 is 12.0 Å². The largest absolute Gasteiger partial charge is 0.459 e. The minimum absolute atomic E-state index is 0.256. The number of rotatable bonds is 8. The summed E-state index contributed by atoms with van der Waals surface area (Å²) < 4.78 is 11.6. The molecule has 0 aliphatic carbocycles. The van der Waals surface area contributed by atoms with Crippen molar-refractivity contribution in [1.82, 2.24) is 10.6 Å². The molecule has 32 heavy (non-hydrogen) atoms. The van der Waals surface area contributed by atoms with Crippen molar-refractivity contribution in [2.24, 2.45) is 0 Å². The second kappa shape index (κ2) is 10.4. The zero-order chi connectivity index (χ0) is 23.3. The molecule has 1 heterocycles. The lowest BCUT2D eigenvalue weighted by molar-refractivity contribution is -0.143. The SMILES string of the molecule is CCCCC1=C(C(=O)OC(C)C)C(c2ccc(Oc3cccc(C)c3C)cc2)NC(=O)N1. The van der Waals surface area contributed by atoms with Crippen LogP contribution in [0.25, 0.3) is 0 Å². The number of carbonyl (C=O) groups excluding carboxylic acids is 2. The molecule has 1 unspecified atom stereocenters. The minimum atomic E-state index is -0.586. The summed E-state index contributed by atoms with van der Waals surface area (Å²) in [6.45, 7) is 9.77. The third-order valence-electron chi connectivity index (χ3n) is 5.49. The van der Waals surface area contributed by atoms with Gasteiger partial charge in [0.25, 0.3) is 0 Å². The lowest BCUT2D eigenvalue weighted by Gasteiger charge is -2.30. The van der Waals surface area contributed by atoms with Crippen molar-refractivity contribution in [3.63, 3.8) is 0 Å². The summed E-state index contributed by atoms with van der Waals surface area (Å²) in [5, 5.41) is 5.69. The molecular weight excluding hydrogens is 404 g/mol. The Morgan fingerprint density at radius 3 is 2.47 bits per heavy atom. The monoisotopic (exact) mass is 436 g/mol. The Bertz CT molecular complexity index is 1010. The molecule has 2 amide bonds. The number of amides is 2. The van der Waals surface area contributed by atoms with Crippen molar-refractivity contribution in [2.75, 3.05) is 0 Å². The molecule has 0 bridgehead atoms. The Balaban J connectivity index is 1.91. The maximum absolute atomic E-state index is 13.0. The Labute approximate surface area is 190 Å². The van der Waals surface area contributed by atoms with Gasteiger partial charge in [-0.25, -0.2) is 9.59 Å². The van der Waals surface area contributed by atoms with Crippen LogP contribution in [0, 0.1) is 13.8 Å². The van der Waals surface area contributed by atoms with E-state index in [0.29, 0.717) is 23.4 Å². The molecular formula is C26H32N2O4. The van der Waals surface area contributed by atoms with Gasteiger partial charge in [0.15, 0.2) is 0 Å². The van der Waals surface area contributed by atoms with Gasteiger partial charge in [-0.05, 0) is 75.4 Å². The molecule has 170 valence electrons. The van der Waals surface area contributed by atoms with Crippen LogP contribution >= 0.6 is 0 Å². The van der Waals surface area contributed by atoms with Crippen molar-refractivity contribution in [1.29, 1.82) is 0 Å². The van der Waals surface area contributed by atoms with Crippen LogP contribution in [0.2, 0.25) is 0 Å². The second-order valence-corrected chi connectivity index (χ2v) is 8.35. The fourth-order valence-corrected chi connectivity index (χ4v) is 3.63. The fraction of sp³-hybridized carbons (Fsp3) is 0.385. The fourth-order valence-electron chi connectivity index (χ4n) is 3.63. The lowest BCUT2D eigenvalue weighted by atomic mass is 9.93. The van der Waals surface area contributed by atoms with Gasteiger partial charge in [-0.1, -0.05) is 37.6 Å². The number of ether oxygens (including phenoxy) is 2. The Morgan fingerprint density at radius 1 is 1.09 bits per heavy atom. The summed E-state index contributed by atoms with van der Waals surface area (Å²) in [6, 6.07) is 12.5. The summed E-state index contributed by atoms with van der Waals surface area (Å²) in [5.41, 5.74) is 4.12. The predicted octanol–water partition coefficient (Wildman–Crippen LogP) is 5.85. The summed E-state index contributed by atoms with van der Waals surface area (Å²) in [6.07, 6.45) is 2.17. The molecule has 0 fully saturated rings. The lowest BCUT2D eigenvalue weighted by Crippen LogP contribution is -2.46. The first-order valence-corrected chi connectivity index (χ1v) is 11.2. The number of hydrogen-bond donors (Lipinski definition) is 2. The van der Waals surface area contributed by atoms with Gasteiger partial charge in [0.2, 0.25) is 0 Å². The summed E-state index contributed by atoms with van der Waals surface area (Å²) in [4.78, 5) is 25.3.